The Balaban J connectivity index is 1.36. The monoisotopic (exact) mass is 392 g/mol. The first-order chi connectivity index (χ1) is 13.2. The van der Waals surface area contributed by atoms with Gasteiger partial charge in [0.1, 0.15) is 5.60 Å². The summed E-state index contributed by atoms with van der Waals surface area (Å²) in [5, 5.41) is 21.9. The zero-order valence-corrected chi connectivity index (χ0v) is 17.5. The predicted molar refractivity (Wildman–Crippen MR) is 102 cm³/mol. The highest BCUT2D eigenvalue weighted by Gasteiger charge is 2.77. The van der Waals surface area contributed by atoms with Crippen molar-refractivity contribution in [3.8, 4) is 0 Å². The summed E-state index contributed by atoms with van der Waals surface area (Å²) < 4.78 is 18.6. The fraction of sp³-hybridized carbons (Fsp3) is 1.00. The molecule has 0 bridgehead atoms. The molecule has 0 radical (unpaired) electrons. The van der Waals surface area contributed by atoms with Crippen LogP contribution in [0.5, 0.6) is 0 Å². The van der Waals surface area contributed by atoms with Crippen LogP contribution in [-0.4, -0.2) is 53.1 Å². The maximum Gasteiger partial charge on any atom is 0.169 e. The molecule has 2 saturated heterocycles. The lowest BCUT2D eigenvalue weighted by Crippen LogP contribution is -2.63. The van der Waals surface area contributed by atoms with Gasteiger partial charge in [0.2, 0.25) is 0 Å². The standard InChI is InChI=1S/C23H36O5/c1-20-12-16(25)19-14(15(20)4-5-17(20)22(3)26-8-9-27-22)10-18-23(28-18)11-13(24)6-7-21(19,23)2/h13-19,24-25H,4-12H2,1-3H3/t13?,14?,15?,16-,17-,18?,19?,20?,21?,23?/m0/s1. The maximum absolute atomic E-state index is 11.6. The van der Waals surface area contributed by atoms with Crippen LogP contribution < -0.4 is 0 Å². The summed E-state index contributed by atoms with van der Waals surface area (Å²) in [6.45, 7) is 8.24. The van der Waals surface area contributed by atoms with E-state index in [0.717, 1.165) is 38.5 Å². The van der Waals surface area contributed by atoms with E-state index in [1.807, 2.05) is 0 Å². The van der Waals surface area contributed by atoms with Crippen molar-refractivity contribution in [2.75, 3.05) is 13.2 Å². The van der Waals surface area contributed by atoms with Gasteiger partial charge in [-0.1, -0.05) is 13.8 Å². The van der Waals surface area contributed by atoms with E-state index >= 15 is 0 Å². The summed E-state index contributed by atoms with van der Waals surface area (Å²) in [4.78, 5) is 0. The van der Waals surface area contributed by atoms with Crippen molar-refractivity contribution < 1.29 is 24.4 Å². The lowest BCUT2D eigenvalue weighted by molar-refractivity contribution is -0.229. The Morgan fingerprint density at radius 2 is 1.68 bits per heavy atom. The molecular weight excluding hydrogens is 356 g/mol. The van der Waals surface area contributed by atoms with Gasteiger partial charge in [0.25, 0.3) is 0 Å². The lowest BCUT2D eigenvalue weighted by atomic mass is 9.43. The van der Waals surface area contributed by atoms with E-state index < -0.39 is 5.79 Å². The zero-order chi connectivity index (χ0) is 19.5. The number of hydrogen-bond donors (Lipinski definition) is 2. The maximum atomic E-state index is 11.6. The van der Waals surface area contributed by atoms with Gasteiger partial charge in [0, 0.05) is 17.8 Å². The van der Waals surface area contributed by atoms with Gasteiger partial charge in [-0.2, -0.15) is 0 Å². The van der Waals surface area contributed by atoms with Crippen molar-refractivity contribution in [1.82, 2.24) is 0 Å². The van der Waals surface area contributed by atoms with E-state index in [4.69, 9.17) is 14.2 Å². The number of aliphatic hydroxyl groups is 2. The second-order valence-electron chi connectivity index (χ2n) is 11.5. The van der Waals surface area contributed by atoms with E-state index in [0.29, 0.717) is 31.0 Å². The van der Waals surface area contributed by atoms with Crippen molar-refractivity contribution in [3.05, 3.63) is 0 Å². The molecule has 6 rings (SSSR count). The molecule has 2 N–H and O–H groups in total. The van der Waals surface area contributed by atoms with Crippen LogP contribution in [0.2, 0.25) is 0 Å². The second kappa shape index (κ2) is 5.53. The quantitative estimate of drug-likeness (QED) is 0.672. The molecule has 6 aliphatic rings. The minimum atomic E-state index is -0.497. The van der Waals surface area contributed by atoms with Gasteiger partial charge in [-0.25, -0.2) is 0 Å². The van der Waals surface area contributed by atoms with Crippen molar-refractivity contribution in [1.29, 1.82) is 0 Å². The molecular formula is C23H36O5. The van der Waals surface area contributed by atoms with Crippen LogP contribution in [0.3, 0.4) is 0 Å². The predicted octanol–water partition coefficient (Wildman–Crippen LogP) is 2.87. The van der Waals surface area contributed by atoms with Gasteiger partial charge in [-0.05, 0) is 68.6 Å². The highest BCUT2D eigenvalue weighted by molar-refractivity contribution is 5.25. The van der Waals surface area contributed by atoms with Crippen LogP contribution >= 0.6 is 0 Å². The normalized spacial score (nSPS) is 61.8. The highest BCUT2D eigenvalue weighted by atomic mass is 16.7. The fourth-order valence-electron chi connectivity index (χ4n) is 9.37. The number of hydrogen-bond acceptors (Lipinski definition) is 5. The third-order valence-electron chi connectivity index (χ3n) is 10.5. The van der Waals surface area contributed by atoms with E-state index in [1.165, 1.54) is 6.42 Å². The Kier molecular flexibility index (Phi) is 3.67. The van der Waals surface area contributed by atoms with Gasteiger partial charge < -0.3 is 24.4 Å². The molecule has 2 aliphatic heterocycles. The van der Waals surface area contributed by atoms with E-state index in [-0.39, 0.29) is 40.7 Å². The Bertz CT molecular complexity index is 676. The largest absolute Gasteiger partial charge is 0.393 e. The van der Waals surface area contributed by atoms with Crippen LogP contribution in [-0.2, 0) is 14.2 Å². The van der Waals surface area contributed by atoms with Gasteiger partial charge in [0.15, 0.2) is 5.79 Å². The smallest absolute Gasteiger partial charge is 0.169 e. The summed E-state index contributed by atoms with van der Waals surface area (Å²) in [7, 11) is 0. The number of ether oxygens (including phenoxy) is 3. The molecule has 158 valence electrons. The topological polar surface area (TPSA) is 71.5 Å². The molecule has 4 aliphatic carbocycles. The third kappa shape index (κ3) is 2.06. The van der Waals surface area contributed by atoms with Crippen LogP contribution in [0, 0.1) is 34.5 Å². The first-order valence-corrected chi connectivity index (χ1v) is 11.6. The molecule has 0 aromatic heterocycles. The third-order valence-corrected chi connectivity index (χ3v) is 10.5. The molecule has 0 aromatic carbocycles. The molecule has 28 heavy (non-hydrogen) atoms. The van der Waals surface area contributed by atoms with E-state index in [9.17, 15) is 10.2 Å². The van der Waals surface area contributed by atoms with Gasteiger partial charge in [-0.3, -0.25) is 0 Å². The molecule has 10 atom stereocenters. The number of epoxide rings is 1. The van der Waals surface area contributed by atoms with Crippen molar-refractivity contribution >= 4 is 0 Å². The number of fused-ring (bicyclic) bond motifs is 4. The highest BCUT2D eigenvalue weighted by Crippen LogP contribution is 2.74. The molecule has 2 heterocycles. The molecule has 0 aromatic rings. The lowest BCUT2D eigenvalue weighted by Gasteiger charge is -2.61. The summed E-state index contributed by atoms with van der Waals surface area (Å²) in [5.41, 5.74) is -0.135. The van der Waals surface area contributed by atoms with E-state index in [2.05, 4.69) is 20.8 Å². The number of aliphatic hydroxyl groups excluding tert-OH is 2. The number of rotatable bonds is 1. The van der Waals surface area contributed by atoms with Gasteiger partial charge in [-0.15, -0.1) is 0 Å². The molecule has 5 heteroatoms. The Labute approximate surface area is 168 Å². The van der Waals surface area contributed by atoms with Crippen LogP contribution in [0.25, 0.3) is 0 Å². The summed E-state index contributed by atoms with van der Waals surface area (Å²) >= 11 is 0. The van der Waals surface area contributed by atoms with Crippen LogP contribution in [0.4, 0.5) is 0 Å². The average molecular weight is 393 g/mol. The van der Waals surface area contributed by atoms with E-state index in [1.54, 1.807) is 0 Å². The first kappa shape index (κ1) is 18.6. The summed E-state index contributed by atoms with van der Waals surface area (Å²) in [6.07, 6.45) is 6.52. The Morgan fingerprint density at radius 3 is 2.43 bits per heavy atom. The zero-order valence-electron chi connectivity index (χ0n) is 17.5. The van der Waals surface area contributed by atoms with Crippen molar-refractivity contribution in [3.63, 3.8) is 0 Å². The van der Waals surface area contributed by atoms with Crippen LogP contribution in [0.15, 0.2) is 0 Å². The minimum absolute atomic E-state index is 0.0110. The molecule has 5 nitrogen and oxygen atoms in total. The van der Waals surface area contributed by atoms with Crippen molar-refractivity contribution in [2.24, 2.45) is 34.5 Å². The molecule has 0 amide bonds. The Morgan fingerprint density at radius 1 is 0.929 bits per heavy atom. The fourth-order valence-corrected chi connectivity index (χ4v) is 9.37. The van der Waals surface area contributed by atoms with Crippen molar-refractivity contribution in [2.45, 2.75) is 95.4 Å². The molecule has 6 fully saturated rings. The SMILES string of the molecule is CC1([C@H]2CCC3C4CC5OC56CC(O)CCC6(C)C4[C@@H](O)CC32C)OCCO1. The Hall–Kier alpha value is -0.200. The average Bonchev–Trinajstić information content (AvgIpc) is 2.95. The van der Waals surface area contributed by atoms with Crippen LogP contribution in [0.1, 0.15) is 65.7 Å². The molecule has 8 unspecified atom stereocenters. The minimum Gasteiger partial charge on any atom is -0.393 e. The van der Waals surface area contributed by atoms with Gasteiger partial charge >= 0.3 is 0 Å². The van der Waals surface area contributed by atoms with Gasteiger partial charge in [0.05, 0.1) is 31.5 Å². The molecule has 4 saturated carbocycles. The summed E-state index contributed by atoms with van der Waals surface area (Å²) in [5.74, 6) is 1.24. The second-order valence-corrected chi connectivity index (χ2v) is 11.5. The molecule has 1 spiro atoms. The summed E-state index contributed by atoms with van der Waals surface area (Å²) in [6, 6.07) is 0. The first-order valence-electron chi connectivity index (χ1n) is 11.6.